The average molecular weight is 268 g/mol. The standard InChI is InChI=1S/C14H16N6/c1-18-13-5-3-2-4-12(13)16-14(18)19-8-6-11(10-19)20-9-7-15-17-20/h2-5,7,9,11H,6,8,10H2,1H3. The smallest absolute Gasteiger partial charge is 0.206 e. The van der Waals surface area contributed by atoms with Gasteiger partial charge in [-0.2, -0.15) is 0 Å². The fraction of sp³-hybridized carbons (Fsp3) is 0.357. The van der Waals surface area contributed by atoms with E-state index in [1.807, 2.05) is 16.9 Å². The molecule has 4 rings (SSSR count). The van der Waals surface area contributed by atoms with Crippen LogP contribution >= 0.6 is 0 Å². The molecule has 6 heteroatoms. The number of anilines is 1. The molecule has 1 saturated heterocycles. The topological polar surface area (TPSA) is 51.8 Å². The summed E-state index contributed by atoms with van der Waals surface area (Å²) in [7, 11) is 2.08. The highest BCUT2D eigenvalue weighted by molar-refractivity contribution is 5.78. The zero-order chi connectivity index (χ0) is 13.5. The molecule has 1 aliphatic rings. The minimum atomic E-state index is 0.386. The summed E-state index contributed by atoms with van der Waals surface area (Å²) in [6.45, 7) is 1.93. The normalized spacial score (nSPS) is 19.1. The highest BCUT2D eigenvalue weighted by Crippen LogP contribution is 2.27. The first kappa shape index (κ1) is 11.5. The first-order valence-electron chi connectivity index (χ1n) is 6.85. The number of aryl methyl sites for hydroxylation is 1. The van der Waals surface area contributed by atoms with Crippen LogP contribution < -0.4 is 4.90 Å². The summed E-state index contributed by atoms with van der Waals surface area (Å²) in [5.41, 5.74) is 2.22. The van der Waals surface area contributed by atoms with Gasteiger partial charge in [0.25, 0.3) is 0 Å². The predicted molar refractivity (Wildman–Crippen MR) is 76.6 cm³/mol. The molecule has 0 spiro atoms. The maximum absolute atomic E-state index is 4.75. The Hall–Kier alpha value is -2.37. The van der Waals surface area contributed by atoms with E-state index < -0.39 is 0 Å². The van der Waals surface area contributed by atoms with Crippen LogP contribution in [-0.2, 0) is 7.05 Å². The second kappa shape index (κ2) is 4.33. The van der Waals surface area contributed by atoms with Gasteiger partial charge in [-0.3, -0.25) is 0 Å². The van der Waals surface area contributed by atoms with Gasteiger partial charge in [-0.15, -0.1) is 5.10 Å². The Balaban J connectivity index is 1.66. The van der Waals surface area contributed by atoms with Gasteiger partial charge in [0.05, 0.1) is 23.3 Å². The number of para-hydroxylation sites is 2. The molecule has 0 saturated carbocycles. The van der Waals surface area contributed by atoms with E-state index in [2.05, 4.69) is 45.0 Å². The number of nitrogens with zero attached hydrogens (tertiary/aromatic N) is 6. The van der Waals surface area contributed by atoms with E-state index in [9.17, 15) is 0 Å². The predicted octanol–water partition coefficient (Wildman–Crippen LogP) is 1.62. The van der Waals surface area contributed by atoms with Gasteiger partial charge < -0.3 is 9.47 Å². The lowest BCUT2D eigenvalue weighted by molar-refractivity contribution is 0.479. The molecule has 1 aromatic carbocycles. The van der Waals surface area contributed by atoms with Crippen molar-refractivity contribution in [1.82, 2.24) is 24.5 Å². The Morgan fingerprint density at radius 1 is 1.25 bits per heavy atom. The summed E-state index contributed by atoms with van der Waals surface area (Å²) in [6.07, 6.45) is 4.74. The van der Waals surface area contributed by atoms with Crippen molar-refractivity contribution in [3.05, 3.63) is 36.7 Å². The lowest BCUT2D eigenvalue weighted by Crippen LogP contribution is -2.24. The van der Waals surface area contributed by atoms with Gasteiger partial charge in [-0.1, -0.05) is 17.3 Å². The second-order valence-electron chi connectivity index (χ2n) is 5.23. The summed E-state index contributed by atoms with van der Waals surface area (Å²) < 4.78 is 4.11. The molecule has 102 valence electrons. The Morgan fingerprint density at radius 2 is 2.15 bits per heavy atom. The summed E-state index contributed by atoms with van der Waals surface area (Å²) in [4.78, 5) is 7.08. The Morgan fingerprint density at radius 3 is 2.95 bits per heavy atom. The summed E-state index contributed by atoms with van der Waals surface area (Å²) in [5.74, 6) is 1.04. The zero-order valence-corrected chi connectivity index (χ0v) is 11.3. The Bertz CT molecular complexity index is 729. The van der Waals surface area contributed by atoms with Crippen molar-refractivity contribution in [1.29, 1.82) is 0 Å². The van der Waals surface area contributed by atoms with Crippen molar-refractivity contribution in [3.63, 3.8) is 0 Å². The lowest BCUT2D eigenvalue weighted by atomic mass is 10.3. The molecule has 0 radical (unpaired) electrons. The van der Waals surface area contributed by atoms with Gasteiger partial charge in [0.2, 0.25) is 5.95 Å². The molecule has 0 bridgehead atoms. The van der Waals surface area contributed by atoms with Crippen molar-refractivity contribution in [2.45, 2.75) is 12.5 Å². The summed E-state index contributed by atoms with van der Waals surface area (Å²) in [6, 6.07) is 8.63. The van der Waals surface area contributed by atoms with E-state index in [-0.39, 0.29) is 0 Å². The molecule has 0 amide bonds. The van der Waals surface area contributed by atoms with Crippen LogP contribution in [0.2, 0.25) is 0 Å². The summed E-state index contributed by atoms with van der Waals surface area (Å²) >= 11 is 0. The third-order valence-corrected chi connectivity index (χ3v) is 4.02. The molecule has 1 fully saturated rings. The molecule has 2 aromatic heterocycles. The summed E-state index contributed by atoms with van der Waals surface area (Å²) in [5, 5.41) is 7.99. The van der Waals surface area contributed by atoms with Crippen LogP contribution in [0.3, 0.4) is 0 Å². The number of fused-ring (bicyclic) bond motifs is 1. The SMILES string of the molecule is Cn1c(N2CCC(n3ccnn3)C2)nc2ccccc21. The van der Waals surface area contributed by atoms with Gasteiger partial charge in [0.1, 0.15) is 0 Å². The van der Waals surface area contributed by atoms with Crippen molar-refractivity contribution in [2.24, 2.45) is 7.05 Å². The van der Waals surface area contributed by atoms with E-state index in [0.29, 0.717) is 6.04 Å². The largest absolute Gasteiger partial charge is 0.340 e. The quantitative estimate of drug-likeness (QED) is 0.708. The molecular weight excluding hydrogens is 252 g/mol. The van der Waals surface area contributed by atoms with Crippen LogP contribution in [0.4, 0.5) is 5.95 Å². The molecule has 20 heavy (non-hydrogen) atoms. The molecule has 3 aromatic rings. The van der Waals surface area contributed by atoms with E-state index in [4.69, 9.17) is 4.98 Å². The van der Waals surface area contributed by atoms with E-state index in [0.717, 1.165) is 31.0 Å². The highest BCUT2D eigenvalue weighted by Gasteiger charge is 2.27. The fourth-order valence-electron chi connectivity index (χ4n) is 2.97. The highest BCUT2D eigenvalue weighted by atomic mass is 15.4. The minimum absolute atomic E-state index is 0.386. The third kappa shape index (κ3) is 1.68. The van der Waals surface area contributed by atoms with Crippen LogP contribution in [0.25, 0.3) is 11.0 Å². The van der Waals surface area contributed by atoms with E-state index in [1.54, 1.807) is 6.20 Å². The number of benzene rings is 1. The van der Waals surface area contributed by atoms with Crippen LogP contribution in [-0.4, -0.2) is 37.6 Å². The maximum Gasteiger partial charge on any atom is 0.206 e. The van der Waals surface area contributed by atoms with Crippen LogP contribution in [0.15, 0.2) is 36.7 Å². The third-order valence-electron chi connectivity index (χ3n) is 4.02. The maximum atomic E-state index is 4.75. The molecule has 3 heterocycles. The van der Waals surface area contributed by atoms with Crippen molar-refractivity contribution >= 4 is 17.0 Å². The zero-order valence-electron chi connectivity index (χ0n) is 11.3. The average Bonchev–Trinajstić information content (AvgIpc) is 3.17. The van der Waals surface area contributed by atoms with Gasteiger partial charge in [-0.25, -0.2) is 9.67 Å². The van der Waals surface area contributed by atoms with Crippen molar-refractivity contribution in [3.8, 4) is 0 Å². The van der Waals surface area contributed by atoms with Crippen LogP contribution in [0.1, 0.15) is 12.5 Å². The molecule has 6 nitrogen and oxygen atoms in total. The number of aromatic nitrogens is 5. The first-order chi connectivity index (χ1) is 9.83. The van der Waals surface area contributed by atoms with Gasteiger partial charge >= 0.3 is 0 Å². The number of hydrogen-bond acceptors (Lipinski definition) is 4. The molecule has 1 unspecified atom stereocenters. The monoisotopic (exact) mass is 268 g/mol. The Kier molecular flexibility index (Phi) is 2.48. The van der Waals surface area contributed by atoms with Crippen LogP contribution in [0, 0.1) is 0 Å². The number of imidazole rings is 1. The molecule has 1 atom stereocenters. The minimum Gasteiger partial charge on any atom is -0.340 e. The van der Waals surface area contributed by atoms with Gasteiger partial charge in [-0.05, 0) is 18.6 Å². The molecule has 0 aliphatic carbocycles. The van der Waals surface area contributed by atoms with Crippen LogP contribution in [0.5, 0.6) is 0 Å². The van der Waals surface area contributed by atoms with E-state index >= 15 is 0 Å². The lowest BCUT2D eigenvalue weighted by Gasteiger charge is -2.17. The van der Waals surface area contributed by atoms with E-state index in [1.165, 1.54) is 5.52 Å². The van der Waals surface area contributed by atoms with Gasteiger partial charge in [0, 0.05) is 26.3 Å². The van der Waals surface area contributed by atoms with Crippen molar-refractivity contribution < 1.29 is 0 Å². The fourth-order valence-corrected chi connectivity index (χ4v) is 2.97. The Labute approximate surface area is 116 Å². The molecule has 0 N–H and O–H groups in total. The second-order valence-corrected chi connectivity index (χ2v) is 5.23. The van der Waals surface area contributed by atoms with Crippen molar-refractivity contribution in [2.75, 3.05) is 18.0 Å². The number of rotatable bonds is 2. The van der Waals surface area contributed by atoms with Gasteiger partial charge in [0.15, 0.2) is 0 Å². The number of hydrogen-bond donors (Lipinski definition) is 0. The first-order valence-corrected chi connectivity index (χ1v) is 6.85. The molecule has 1 aliphatic heterocycles. The molecular formula is C14H16N6.